The van der Waals surface area contributed by atoms with Gasteiger partial charge in [0.05, 0.1) is 10.9 Å². The lowest BCUT2D eigenvalue weighted by Crippen LogP contribution is -2.41. The molecule has 7 heteroatoms. The number of hydrogen-bond donors (Lipinski definition) is 2. The van der Waals surface area contributed by atoms with Gasteiger partial charge in [-0.25, -0.2) is 4.39 Å². The summed E-state index contributed by atoms with van der Waals surface area (Å²) in [5.74, 6) is -0.665. The zero-order valence-corrected chi connectivity index (χ0v) is 14.7. The first-order valence-electron chi connectivity index (χ1n) is 8.14. The van der Waals surface area contributed by atoms with E-state index in [1.165, 1.54) is 23.5 Å². The van der Waals surface area contributed by atoms with E-state index in [2.05, 4.69) is 5.32 Å². The van der Waals surface area contributed by atoms with E-state index in [0.29, 0.717) is 24.4 Å². The van der Waals surface area contributed by atoms with Crippen molar-refractivity contribution in [3.8, 4) is 0 Å². The molecule has 0 spiro atoms. The van der Waals surface area contributed by atoms with Crippen LogP contribution in [-0.2, 0) is 11.3 Å². The predicted molar refractivity (Wildman–Crippen MR) is 94.6 cm³/mol. The molecule has 1 aromatic carbocycles. The van der Waals surface area contributed by atoms with Gasteiger partial charge in [-0.05, 0) is 48.1 Å². The number of amides is 2. The summed E-state index contributed by atoms with van der Waals surface area (Å²) in [5, 5.41) is 4.65. The van der Waals surface area contributed by atoms with Crippen molar-refractivity contribution in [2.45, 2.75) is 32.0 Å². The first kappa shape index (κ1) is 17.6. The van der Waals surface area contributed by atoms with Gasteiger partial charge in [-0.2, -0.15) is 0 Å². The smallest absolute Gasteiger partial charge is 0.262 e. The fourth-order valence-electron chi connectivity index (χ4n) is 2.97. The summed E-state index contributed by atoms with van der Waals surface area (Å²) >= 11 is 1.32. The molecule has 2 heterocycles. The Bertz CT molecular complexity index is 775. The van der Waals surface area contributed by atoms with Crippen LogP contribution in [-0.4, -0.2) is 29.3 Å². The maximum absolute atomic E-state index is 13.1. The SMILES string of the molecule is CC(c1ccc(F)cc1)N1CCC(NC(=O)c2cc(CN)cs2)C1=O. The van der Waals surface area contributed by atoms with E-state index in [9.17, 15) is 14.0 Å². The van der Waals surface area contributed by atoms with Crippen LogP contribution in [0.1, 0.15) is 40.2 Å². The number of nitrogens with two attached hydrogens (primary N) is 1. The largest absolute Gasteiger partial charge is 0.339 e. The Balaban J connectivity index is 1.65. The lowest BCUT2D eigenvalue weighted by molar-refractivity contribution is -0.131. The molecule has 2 amide bonds. The monoisotopic (exact) mass is 361 g/mol. The third kappa shape index (κ3) is 3.72. The molecule has 1 aliphatic heterocycles. The molecule has 25 heavy (non-hydrogen) atoms. The summed E-state index contributed by atoms with van der Waals surface area (Å²) in [6.07, 6.45) is 0.561. The average Bonchev–Trinajstić information content (AvgIpc) is 3.22. The Morgan fingerprint density at radius 1 is 1.44 bits per heavy atom. The summed E-state index contributed by atoms with van der Waals surface area (Å²) in [5.41, 5.74) is 7.33. The summed E-state index contributed by atoms with van der Waals surface area (Å²) in [4.78, 5) is 27.2. The van der Waals surface area contributed by atoms with E-state index in [0.717, 1.165) is 11.1 Å². The minimum Gasteiger partial charge on any atom is -0.339 e. The number of likely N-dealkylation sites (tertiary alicyclic amines) is 1. The van der Waals surface area contributed by atoms with Crippen molar-refractivity contribution in [2.24, 2.45) is 5.73 Å². The molecule has 2 unspecified atom stereocenters. The molecule has 1 fully saturated rings. The Hall–Kier alpha value is -2.25. The van der Waals surface area contributed by atoms with Gasteiger partial charge in [0.2, 0.25) is 5.91 Å². The highest BCUT2D eigenvalue weighted by Gasteiger charge is 2.36. The Morgan fingerprint density at radius 3 is 2.80 bits per heavy atom. The summed E-state index contributed by atoms with van der Waals surface area (Å²) in [7, 11) is 0. The fraction of sp³-hybridized carbons (Fsp3) is 0.333. The second kappa shape index (κ2) is 7.33. The van der Waals surface area contributed by atoms with E-state index in [1.54, 1.807) is 23.1 Å². The maximum Gasteiger partial charge on any atom is 0.262 e. The Morgan fingerprint density at radius 2 is 2.16 bits per heavy atom. The van der Waals surface area contributed by atoms with E-state index in [4.69, 9.17) is 5.73 Å². The van der Waals surface area contributed by atoms with Crippen molar-refractivity contribution < 1.29 is 14.0 Å². The minimum absolute atomic E-state index is 0.110. The number of nitrogens with one attached hydrogen (secondary N) is 1. The Labute approximate surface area is 149 Å². The average molecular weight is 361 g/mol. The van der Waals surface area contributed by atoms with Gasteiger partial charge in [0.1, 0.15) is 11.9 Å². The van der Waals surface area contributed by atoms with Gasteiger partial charge < -0.3 is 16.0 Å². The van der Waals surface area contributed by atoms with Crippen LogP contribution in [0.2, 0.25) is 0 Å². The molecule has 2 aromatic rings. The predicted octanol–water partition coefficient (Wildman–Crippen LogP) is 2.44. The van der Waals surface area contributed by atoms with Crippen molar-refractivity contribution in [3.63, 3.8) is 0 Å². The van der Waals surface area contributed by atoms with E-state index in [1.807, 2.05) is 12.3 Å². The molecule has 1 aromatic heterocycles. The first-order valence-corrected chi connectivity index (χ1v) is 9.02. The fourth-order valence-corrected chi connectivity index (χ4v) is 3.80. The number of halogens is 1. The van der Waals surface area contributed by atoms with Gasteiger partial charge in [0.25, 0.3) is 5.91 Å². The van der Waals surface area contributed by atoms with Crippen molar-refractivity contribution >= 4 is 23.2 Å². The number of thiophene rings is 1. The van der Waals surface area contributed by atoms with Crippen LogP contribution < -0.4 is 11.1 Å². The molecule has 0 saturated carbocycles. The number of hydrogen-bond acceptors (Lipinski definition) is 4. The van der Waals surface area contributed by atoms with Crippen LogP contribution in [0.4, 0.5) is 4.39 Å². The lowest BCUT2D eigenvalue weighted by Gasteiger charge is -2.25. The summed E-state index contributed by atoms with van der Waals surface area (Å²) in [6, 6.07) is 7.19. The Kier molecular flexibility index (Phi) is 5.15. The van der Waals surface area contributed by atoms with Crippen LogP contribution in [0, 0.1) is 5.82 Å². The molecular weight excluding hydrogens is 341 g/mol. The van der Waals surface area contributed by atoms with Crippen LogP contribution in [0.5, 0.6) is 0 Å². The van der Waals surface area contributed by atoms with E-state index >= 15 is 0 Å². The third-order valence-electron chi connectivity index (χ3n) is 4.48. The number of carbonyl (C=O) groups excluding carboxylic acids is 2. The van der Waals surface area contributed by atoms with Crippen LogP contribution in [0.25, 0.3) is 0 Å². The maximum atomic E-state index is 13.1. The van der Waals surface area contributed by atoms with Crippen LogP contribution in [0.3, 0.4) is 0 Å². The number of rotatable bonds is 5. The van der Waals surface area contributed by atoms with Crippen molar-refractivity contribution in [1.29, 1.82) is 0 Å². The third-order valence-corrected chi connectivity index (χ3v) is 5.46. The van der Waals surface area contributed by atoms with Gasteiger partial charge >= 0.3 is 0 Å². The highest BCUT2D eigenvalue weighted by Crippen LogP contribution is 2.26. The zero-order valence-electron chi connectivity index (χ0n) is 13.9. The van der Waals surface area contributed by atoms with Gasteiger partial charge in [0, 0.05) is 13.1 Å². The lowest BCUT2D eigenvalue weighted by atomic mass is 10.1. The second-order valence-corrected chi connectivity index (χ2v) is 7.01. The molecule has 1 saturated heterocycles. The van der Waals surface area contributed by atoms with Gasteiger partial charge in [0.15, 0.2) is 0 Å². The molecule has 132 valence electrons. The molecule has 0 bridgehead atoms. The topological polar surface area (TPSA) is 75.4 Å². The van der Waals surface area contributed by atoms with Crippen molar-refractivity contribution in [2.75, 3.05) is 6.54 Å². The zero-order chi connectivity index (χ0) is 18.0. The van der Waals surface area contributed by atoms with Crippen LogP contribution >= 0.6 is 11.3 Å². The molecule has 1 aliphatic rings. The van der Waals surface area contributed by atoms with Crippen LogP contribution in [0.15, 0.2) is 35.7 Å². The highest BCUT2D eigenvalue weighted by molar-refractivity contribution is 7.12. The van der Waals surface area contributed by atoms with Gasteiger partial charge in [-0.1, -0.05) is 12.1 Å². The quantitative estimate of drug-likeness (QED) is 0.859. The first-order chi connectivity index (χ1) is 12.0. The second-order valence-electron chi connectivity index (χ2n) is 6.10. The summed E-state index contributed by atoms with van der Waals surface area (Å²) < 4.78 is 13.1. The van der Waals surface area contributed by atoms with Gasteiger partial charge in [-0.15, -0.1) is 11.3 Å². The van der Waals surface area contributed by atoms with Crippen molar-refractivity contribution in [1.82, 2.24) is 10.2 Å². The number of carbonyl (C=O) groups is 2. The number of nitrogens with zero attached hydrogens (tertiary/aromatic N) is 1. The summed E-state index contributed by atoms with van der Waals surface area (Å²) in [6.45, 7) is 2.85. The normalized spacial score (nSPS) is 18.4. The van der Waals surface area contributed by atoms with E-state index < -0.39 is 6.04 Å². The molecule has 2 atom stereocenters. The minimum atomic E-state index is -0.529. The van der Waals surface area contributed by atoms with E-state index in [-0.39, 0.29) is 23.7 Å². The highest BCUT2D eigenvalue weighted by atomic mass is 32.1. The molecule has 0 radical (unpaired) electrons. The standard InChI is InChI=1S/C18H20FN3O2S/c1-11(13-2-4-14(19)5-3-13)22-7-6-15(18(22)24)21-17(23)16-8-12(9-20)10-25-16/h2-5,8,10-11,15H,6-7,9,20H2,1H3,(H,21,23). The van der Waals surface area contributed by atoms with Crippen molar-refractivity contribution in [3.05, 3.63) is 57.5 Å². The number of benzene rings is 1. The molecule has 3 N–H and O–H groups in total. The molecule has 3 rings (SSSR count). The molecule has 5 nitrogen and oxygen atoms in total. The molecular formula is C18H20FN3O2S. The molecule has 0 aliphatic carbocycles. The van der Waals surface area contributed by atoms with Gasteiger partial charge in [-0.3, -0.25) is 9.59 Å².